The lowest BCUT2D eigenvalue weighted by atomic mass is 10.0. The van der Waals surface area contributed by atoms with Crippen molar-refractivity contribution < 1.29 is 9.90 Å². The number of anilines is 1. The van der Waals surface area contributed by atoms with E-state index in [1.54, 1.807) is 12.1 Å². The zero-order valence-corrected chi connectivity index (χ0v) is 12.6. The van der Waals surface area contributed by atoms with Crippen LogP contribution in [0.5, 0.6) is 0 Å². The predicted molar refractivity (Wildman–Crippen MR) is 86.3 cm³/mol. The molecule has 1 atom stereocenters. The minimum Gasteiger partial charge on any atom is -0.478 e. The van der Waals surface area contributed by atoms with Crippen LogP contribution >= 0.6 is 11.8 Å². The van der Waals surface area contributed by atoms with Gasteiger partial charge in [0.05, 0.1) is 11.6 Å². The molecular weight excluding hydrogens is 282 g/mol. The third-order valence-corrected chi connectivity index (χ3v) is 4.90. The molecule has 2 aromatic rings. The summed E-state index contributed by atoms with van der Waals surface area (Å²) in [6.45, 7) is 2.00. The maximum Gasteiger partial charge on any atom is 0.335 e. The van der Waals surface area contributed by atoms with Crippen LogP contribution < -0.4 is 5.32 Å². The fourth-order valence-electron chi connectivity index (χ4n) is 2.59. The molecule has 3 rings (SSSR count). The lowest BCUT2D eigenvalue weighted by Gasteiger charge is -2.27. The van der Waals surface area contributed by atoms with Gasteiger partial charge in [-0.05, 0) is 42.7 Å². The number of rotatable bonds is 3. The molecule has 108 valence electrons. The van der Waals surface area contributed by atoms with Crippen LogP contribution in [0, 0.1) is 6.92 Å². The van der Waals surface area contributed by atoms with Crippen molar-refractivity contribution >= 4 is 23.4 Å². The van der Waals surface area contributed by atoms with Gasteiger partial charge in [0.25, 0.3) is 0 Å². The van der Waals surface area contributed by atoms with Gasteiger partial charge >= 0.3 is 5.97 Å². The third-order valence-electron chi connectivity index (χ3n) is 3.77. The van der Waals surface area contributed by atoms with Crippen LogP contribution in [0.2, 0.25) is 0 Å². The Hall–Kier alpha value is -1.94. The first-order valence-corrected chi connectivity index (χ1v) is 7.96. The Balaban J connectivity index is 1.91. The van der Waals surface area contributed by atoms with Crippen molar-refractivity contribution in [1.29, 1.82) is 0 Å². The molecule has 1 aliphatic heterocycles. The molecule has 2 N–H and O–H groups in total. The zero-order valence-electron chi connectivity index (χ0n) is 11.8. The molecule has 0 saturated carbocycles. The second-order valence-electron chi connectivity index (χ2n) is 5.21. The molecular formula is C17H17NO2S. The van der Waals surface area contributed by atoms with Crippen LogP contribution in [0.3, 0.4) is 0 Å². The van der Waals surface area contributed by atoms with E-state index >= 15 is 0 Å². The van der Waals surface area contributed by atoms with Gasteiger partial charge in [0.1, 0.15) is 0 Å². The first kappa shape index (κ1) is 14.0. The summed E-state index contributed by atoms with van der Waals surface area (Å²) in [6, 6.07) is 13.9. The highest BCUT2D eigenvalue weighted by Crippen LogP contribution is 2.38. The number of hydrogen-bond acceptors (Lipinski definition) is 3. The van der Waals surface area contributed by atoms with Gasteiger partial charge in [-0.15, -0.1) is 11.8 Å². The van der Waals surface area contributed by atoms with Gasteiger partial charge in [-0.2, -0.15) is 0 Å². The van der Waals surface area contributed by atoms with Crippen LogP contribution in [0.4, 0.5) is 5.69 Å². The summed E-state index contributed by atoms with van der Waals surface area (Å²) >= 11 is 1.88. The standard InChI is InChI=1S/C17H17NO2S/c1-11-6-7-12(17(19)20)10-15(11)18-14-8-9-21-16-5-3-2-4-13(14)16/h2-7,10,14,18H,8-9H2,1H3,(H,19,20). The highest BCUT2D eigenvalue weighted by atomic mass is 32.2. The topological polar surface area (TPSA) is 49.3 Å². The number of hydrogen-bond donors (Lipinski definition) is 2. The monoisotopic (exact) mass is 299 g/mol. The number of nitrogens with one attached hydrogen (secondary N) is 1. The second kappa shape index (κ2) is 5.82. The van der Waals surface area contributed by atoms with Crippen LogP contribution in [0.1, 0.15) is 33.9 Å². The predicted octanol–water partition coefficient (Wildman–Crippen LogP) is 4.34. The second-order valence-corrected chi connectivity index (χ2v) is 6.34. The lowest BCUT2D eigenvalue weighted by Crippen LogP contribution is -2.16. The summed E-state index contributed by atoms with van der Waals surface area (Å²) in [7, 11) is 0. The molecule has 3 nitrogen and oxygen atoms in total. The fourth-order valence-corrected chi connectivity index (χ4v) is 3.72. The van der Waals surface area contributed by atoms with E-state index in [2.05, 4.69) is 29.6 Å². The maximum atomic E-state index is 11.1. The maximum absolute atomic E-state index is 11.1. The van der Waals surface area contributed by atoms with Crippen LogP contribution in [-0.2, 0) is 0 Å². The quantitative estimate of drug-likeness (QED) is 0.885. The molecule has 4 heteroatoms. The summed E-state index contributed by atoms with van der Waals surface area (Å²) in [6.07, 6.45) is 1.04. The molecule has 0 amide bonds. The van der Waals surface area contributed by atoms with E-state index in [0.717, 1.165) is 23.4 Å². The Bertz CT molecular complexity index is 684. The third kappa shape index (κ3) is 2.90. The SMILES string of the molecule is Cc1ccc(C(=O)O)cc1NC1CCSc2ccccc21. The average Bonchev–Trinajstić information content (AvgIpc) is 2.49. The number of aromatic carboxylic acids is 1. The number of thioether (sulfide) groups is 1. The number of fused-ring (bicyclic) bond motifs is 1. The molecule has 0 saturated heterocycles. The highest BCUT2D eigenvalue weighted by molar-refractivity contribution is 7.99. The number of carboxylic acids is 1. The zero-order chi connectivity index (χ0) is 14.8. The van der Waals surface area contributed by atoms with E-state index in [0.29, 0.717) is 5.56 Å². The van der Waals surface area contributed by atoms with Crippen molar-refractivity contribution in [3.05, 3.63) is 59.2 Å². The Kier molecular flexibility index (Phi) is 3.88. The van der Waals surface area contributed by atoms with Gasteiger partial charge in [-0.1, -0.05) is 24.3 Å². The molecule has 0 radical (unpaired) electrons. The number of carboxylic acid groups (broad SMARTS) is 1. The molecule has 0 fully saturated rings. The van der Waals surface area contributed by atoms with Crippen molar-refractivity contribution in [2.75, 3.05) is 11.1 Å². The van der Waals surface area contributed by atoms with Crippen LogP contribution in [0.25, 0.3) is 0 Å². The molecule has 1 heterocycles. The van der Waals surface area contributed by atoms with Gasteiger partial charge in [0, 0.05) is 16.3 Å². The van der Waals surface area contributed by atoms with Gasteiger partial charge in [0.15, 0.2) is 0 Å². The minimum atomic E-state index is -0.891. The van der Waals surface area contributed by atoms with Crippen molar-refractivity contribution in [1.82, 2.24) is 0 Å². The van der Waals surface area contributed by atoms with E-state index in [9.17, 15) is 4.79 Å². The Morgan fingerprint density at radius 1 is 1.29 bits per heavy atom. The Morgan fingerprint density at radius 3 is 2.90 bits per heavy atom. The Morgan fingerprint density at radius 2 is 2.10 bits per heavy atom. The van der Waals surface area contributed by atoms with E-state index in [4.69, 9.17) is 5.11 Å². The highest BCUT2D eigenvalue weighted by Gasteiger charge is 2.20. The fraction of sp³-hybridized carbons (Fsp3) is 0.235. The number of benzene rings is 2. The van der Waals surface area contributed by atoms with Crippen molar-refractivity contribution in [3.63, 3.8) is 0 Å². The van der Waals surface area contributed by atoms with Gasteiger partial charge in [-0.25, -0.2) is 4.79 Å². The largest absolute Gasteiger partial charge is 0.478 e. The molecule has 1 unspecified atom stereocenters. The molecule has 1 aliphatic rings. The molecule has 0 aliphatic carbocycles. The molecule has 2 aromatic carbocycles. The van der Waals surface area contributed by atoms with E-state index in [1.165, 1.54) is 10.5 Å². The summed E-state index contributed by atoms with van der Waals surface area (Å²) in [5.41, 5.74) is 3.59. The lowest BCUT2D eigenvalue weighted by molar-refractivity contribution is 0.0697. The van der Waals surface area contributed by atoms with E-state index < -0.39 is 5.97 Å². The summed E-state index contributed by atoms with van der Waals surface area (Å²) in [5, 5.41) is 12.7. The van der Waals surface area contributed by atoms with E-state index in [-0.39, 0.29) is 6.04 Å². The van der Waals surface area contributed by atoms with Crippen molar-refractivity contribution in [2.24, 2.45) is 0 Å². The van der Waals surface area contributed by atoms with Crippen LogP contribution in [-0.4, -0.2) is 16.8 Å². The smallest absolute Gasteiger partial charge is 0.335 e. The summed E-state index contributed by atoms with van der Waals surface area (Å²) < 4.78 is 0. The minimum absolute atomic E-state index is 0.241. The molecule has 0 bridgehead atoms. The normalized spacial score (nSPS) is 17.1. The van der Waals surface area contributed by atoms with Gasteiger partial charge < -0.3 is 10.4 Å². The number of carbonyl (C=O) groups is 1. The summed E-state index contributed by atoms with van der Waals surface area (Å²) in [5.74, 6) is 0.185. The molecule has 21 heavy (non-hydrogen) atoms. The molecule has 0 aromatic heterocycles. The summed E-state index contributed by atoms with van der Waals surface area (Å²) in [4.78, 5) is 12.4. The average molecular weight is 299 g/mol. The first-order valence-electron chi connectivity index (χ1n) is 6.97. The van der Waals surface area contributed by atoms with Crippen LogP contribution in [0.15, 0.2) is 47.4 Å². The van der Waals surface area contributed by atoms with Crippen molar-refractivity contribution in [3.8, 4) is 0 Å². The van der Waals surface area contributed by atoms with Crippen molar-refractivity contribution in [2.45, 2.75) is 24.3 Å². The van der Waals surface area contributed by atoms with E-state index in [1.807, 2.05) is 24.8 Å². The molecule has 0 spiro atoms. The first-order chi connectivity index (χ1) is 10.1. The van der Waals surface area contributed by atoms with Gasteiger partial charge in [-0.3, -0.25) is 0 Å². The van der Waals surface area contributed by atoms with Gasteiger partial charge in [0.2, 0.25) is 0 Å². The number of aryl methyl sites for hydroxylation is 1. The Labute approximate surface area is 128 Å².